The van der Waals surface area contributed by atoms with Crippen molar-refractivity contribution in [2.45, 2.75) is 25.8 Å². The normalized spacial score (nSPS) is 21.6. The quantitative estimate of drug-likeness (QED) is 0.468. The Morgan fingerprint density at radius 2 is 2.10 bits per heavy atom. The number of nitro groups is 1. The van der Waals surface area contributed by atoms with Crippen molar-refractivity contribution in [3.63, 3.8) is 0 Å². The molecule has 2 saturated heterocycles. The summed E-state index contributed by atoms with van der Waals surface area (Å²) in [5.41, 5.74) is 0.848. The first kappa shape index (κ1) is 12.6. The Bertz CT molecular complexity index is 606. The van der Waals surface area contributed by atoms with Gasteiger partial charge in [-0.3, -0.25) is 14.9 Å². The smallest absolute Gasteiger partial charge is 0.312 e. The molecule has 2 aliphatic rings. The Morgan fingerprint density at radius 1 is 1.35 bits per heavy atom. The van der Waals surface area contributed by atoms with Crippen molar-refractivity contribution in [1.29, 1.82) is 0 Å². The van der Waals surface area contributed by atoms with E-state index in [0.29, 0.717) is 24.2 Å². The molecule has 0 aromatic heterocycles. The highest BCUT2D eigenvalue weighted by Gasteiger charge is 2.48. The predicted molar refractivity (Wildman–Crippen MR) is 70.4 cm³/mol. The van der Waals surface area contributed by atoms with Crippen LogP contribution in [0.5, 0.6) is 0 Å². The molecule has 0 saturated carbocycles. The van der Waals surface area contributed by atoms with E-state index in [0.717, 1.165) is 11.3 Å². The maximum absolute atomic E-state index is 12.3. The van der Waals surface area contributed by atoms with Gasteiger partial charge >= 0.3 is 6.03 Å². The number of benzene rings is 1. The standard InChI is InChI=1S/C13H13N3O4/c1-8-4-5-9(16(19)20)7-11(8)15-12(17)10-3-2-6-14(10)13(15)18/h4-5,7,10H,2-3,6H2,1H3/t10-/m0/s1. The Kier molecular flexibility index (Phi) is 2.70. The van der Waals surface area contributed by atoms with E-state index >= 15 is 0 Å². The summed E-state index contributed by atoms with van der Waals surface area (Å²) in [6, 6.07) is 3.43. The van der Waals surface area contributed by atoms with Gasteiger partial charge in [-0.15, -0.1) is 0 Å². The number of amides is 3. The van der Waals surface area contributed by atoms with Gasteiger partial charge in [-0.1, -0.05) is 6.07 Å². The molecule has 3 amide bonds. The fourth-order valence-electron chi connectivity index (χ4n) is 2.80. The average molecular weight is 275 g/mol. The van der Waals surface area contributed by atoms with Gasteiger partial charge in [0.2, 0.25) is 0 Å². The molecule has 1 aromatic carbocycles. The lowest BCUT2D eigenvalue weighted by Crippen LogP contribution is -2.33. The Labute approximate surface area is 114 Å². The minimum atomic E-state index is -0.533. The molecular formula is C13H13N3O4. The molecule has 1 aromatic rings. The fraction of sp³-hybridized carbons (Fsp3) is 0.385. The molecule has 7 heteroatoms. The minimum Gasteiger partial charge on any atom is -0.312 e. The van der Waals surface area contributed by atoms with Crippen LogP contribution in [-0.4, -0.2) is 34.3 Å². The maximum atomic E-state index is 12.3. The zero-order valence-corrected chi connectivity index (χ0v) is 10.9. The number of hydrogen-bond acceptors (Lipinski definition) is 4. The number of hydrogen-bond donors (Lipinski definition) is 0. The van der Waals surface area contributed by atoms with E-state index in [1.165, 1.54) is 12.1 Å². The van der Waals surface area contributed by atoms with Gasteiger partial charge in [0, 0.05) is 18.7 Å². The van der Waals surface area contributed by atoms with Crippen LogP contribution >= 0.6 is 0 Å². The maximum Gasteiger partial charge on any atom is 0.332 e. The third kappa shape index (κ3) is 1.66. The molecule has 0 N–H and O–H groups in total. The van der Waals surface area contributed by atoms with Crippen LogP contribution in [0.2, 0.25) is 0 Å². The first-order valence-electron chi connectivity index (χ1n) is 6.40. The van der Waals surface area contributed by atoms with Gasteiger partial charge in [0.25, 0.3) is 11.6 Å². The molecule has 7 nitrogen and oxygen atoms in total. The van der Waals surface area contributed by atoms with Crippen LogP contribution in [-0.2, 0) is 4.79 Å². The third-order valence-corrected chi connectivity index (χ3v) is 3.84. The van der Waals surface area contributed by atoms with E-state index in [4.69, 9.17) is 0 Å². The van der Waals surface area contributed by atoms with Gasteiger partial charge in [0.1, 0.15) is 6.04 Å². The lowest BCUT2D eigenvalue weighted by atomic mass is 10.1. The minimum absolute atomic E-state index is 0.127. The number of carbonyl (C=O) groups excluding carboxylic acids is 2. The highest BCUT2D eigenvalue weighted by molar-refractivity contribution is 6.22. The first-order valence-corrected chi connectivity index (χ1v) is 6.40. The molecular weight excluding hydrogens is 262 g/mol. The molecule has 0 bridgehead atoms. The number of non-ortho nitro benzene ring substituents is 1. The number of aryl methyl sites for hydroxylation is 1. The zero-order valence-electron chi connectivity index (χ0n) is 10.9. The van der Waals surface area contributed by atoms with E-state index in [1.807, 2.05) is 0 Å². The van der Waals surface area contributed by atoms with Gasteiger partial charge in [-0.05, 0) is 25.3 Å². The van der Waals surface area contributed by atoms with E-state index < -0.39 is 11.0 Å². The third-order valence-electron chi connectivity index (χ3n) is 3.84. The number of anilines is 1. The molecule has 104 valence electrons. The van der Waals surface area contributed by atoms with Gasteiger partial charge < -0.3 is 4.90 Å². The number of carbonyl (C=O) groups is 2. The monoisotopic (exact) mass is 275 g/mol. The molecule has 2 aliphatic heterocycles. The molecule has 0 unspecified atom stereocenters. The second-order valence-corrected chi connectivity index (χ2v) is 5.04. The van der Waals surface area contributed by atoms with E-state index in [1.54, 1.807) is 17.9 Å². The summed E-state index contributed by atoms with van der Waals surface area (Å²) in [5.74, 6) is -0.281. The molecule has 20 heavy (non-hydrogen) atoms. The number of imide groups is 1. The van der Waals surface area contributed by atoms with Crippen LogP contribution in [0.1, 0.15) is 18.4 Å². The van der Waals surface area contributed by atoms with Crippen molar-refractivity contribution in [2.24, 2.45) is 0 Å². The molecule has 3 rings (SSSR count). The molecule has 2 fully saturated rings. The van der Waals surface area contributed by atoms with E-state index in [9.17, 15) is 19.7 Å². The molecule has 2 heterocycles. The molecule has 0 spiro atoms. The van der Waals surface area contributed by atoms with E-state index in [2.05, 4.69) is 0 Å². The second kappa shape index (κ2) is 4.29. The SMILES string of the molecule is Cc1ccc([N+](=O)[O-])cc1N1C(=O)[C@@H]2CCCN2C1=O. The summed E-state index contributed by atoms with van der Waals surface area (Å²) in [6.45, 7) is 2.29. The lowest BCUT2D eigenvalue weighted by Gasteiger charge is -2.17. The van der Waals surface area contributed by atoms with Crippen LogP contribution in [0.15, 0.2) is 18.2 Å². The van der Waals surface area contributed by atoms with Crippen molar-refractivity contribution in [3.05, 3.63) is 33.9 Å². The lowest BCUT2D eigenvalue weighted by molar-refractivity contribution is -0.384. The van der Waals surface area contributed by atoms with Crippen molar-refractivity contribution in [3.8, 4) is 0 Å². The Hall–Kier alpha value is -2.44. The summed E-state index contributed by atoms with van der Waals surface area (Å²) in [5, 5.41) is 10.8. The van der Waals surface area contributed by atoms with Crippen LogP contribution in [0.4, 0.5) is 16.2 Å². The van der Waals surface area contributed by atoms with Gasteiger partial charge in [0.15, 0.2) is 0 Å². The summed E-state index contributed by atoms with van der Waals surface area (Å²) in [4.78, 5) is 37.5. The van der Waals surface area contributed by atoms with E-state index in [-0.39, 0.29) is 17.6 Å². The summed E-state index contributed by atoms with van der Waals surface area (Å²) in [7, 11) is 0. The predicted octanol–water partition coefficient (Wildman–Crippen LogP) is 1.83. The Morgan fingerprint density at radius 3 is 2.75 bits per heavy atom. The van der Waals surface area contributed by atoms with Gasteiger partial charge in [0.05, 0.1) is 10.6 Å². The van der Waals surface area contributed by atoms with Crippen LogP contribution in [0, 0.1) is 17.0 Å². The fourth-order valence-corrected chi connectivity index (χ4v) is 2.80. The summed E-state index contributed by atoms with van der Waals surface area (Å²) in [6.07, 6.45) is 1.49. The second-order valence-electron chi connectivity index (χ2n) is 5.04. The topological polar surface area (TPSA) is 83.8 Å². The number of fused-ring (bicyclic) bond motifs is 1. The highest BCUT2D eigenvalue weighted by atomic mass is 16.6. The zero-order chi connectivity index (χ0) is 14.4. The van der Waals surface area contributed by atoms with Gasteiger partial charge in [-0.25, -0.2) is 9.69 Å². The largest absolute Gasteiger partial charge is 0.332 e. The van der Waals surface area contributed by atoms with Crippen LogP contribution in [0.3, 0.4) is 0 Å². The van der Waals surface area contributed by atoms with Crippen LogP contribution < -0.4 is 4.90 Å². The number of nitrogens with zero attached hydrogens (tertiary/aromatic N) is 3. The number of nitro benzene ring substituents is 1. The van der Waals surface area contributed by atoms with Crippen LogP contribution in [0.25, 0.3) is 0 Å². The number of rotatable bonds is 2. The first-order chi connectivity index (χ1) is 9.50. The van der Waals surface area contributed by atoms with Crippen molar-refractivity contribution in [1.82, 2.24) is 4.90 Å². The van der Waals surface area contributed by atoms with Gasteiger partial charge in [-0.2, -0.15) is 0 Å². The van der Waals surface area contributed by atoms with Crippen molar-refractivity contribution >= 4 is 23.3 Å². The number of urea groups is 1. The highest BCUT2D eigenvalue weighted by Crippen LogP contribution is 2.34. The molecule has 1 atom stereocenters. The van der Waals surface area contributed by atoms with Crippen molar-refractivity contribution in [2.75, 3.05) is 11.4 Å². The summed E-state index contributed by atoms with van der Waals surface area (Å²) >= 11 is 0. The average Bonchev–Trinajstić information content (AvgIpc) is 2.96. The van der Waals surface area contributed by atoms with Crippen molar-refractivity contribution < 1.29 is 14.5 Å². The molecule has 0 aliphatic carbocycles. The Balaban J connectivity index is 2.05. The molecule has 0 radical (unpaired) electrons. The summed E-state index contributed by atoms with van der Waals surface area (Å²) < 4.78 is 0.